The highest BCUT2D eigenvalue weighted by molar-refractivity contribution is 5.85. The van der Waals surface area contributed by atoms with Crippen molar-refractivity contribution in [2.24, 2.45) is 0 Å². The molecule has 2 heterocycles. The third-order valence-electron chi connectivity index (χ3n) is 6.08. The Bertz CT molecular complexity index is 1130. The fourth-order valence-electron chi connectivity index (χ4n) is 4.17. The van der Waals surface area contributed by atoms with E-state index in [1.807, 2.05) is 60.4 Å². The normalized spacial score (nSPS) is 16.3. The van der Waals surface area contributed by atoms with Gasteiger partial charge < -0.3 is 19.3 Å². The molecule has 0 radical (unpaired) electrons. The second kappa shape index (κ2) is 11.7. The standard InChI is InChI=1S/C27H32N4O4/c1-21-11-14-31(28-21)19-27(33)30-17-25(35-20-23-9-6-10-24(15-23)34-2)16-29(26(32)18-30)13-12-22-7-4-3-5-8-22/h3-11,14-15,25H,12-13,16-20H2,1-2H3/t25-/m0/s1. The van der Waals surface area contributed by atoms with E-state index in [0.29, 0.717) is 26.2 Å². The van der Waals surface area contributed by atoms with Crippen LogP contribution >= 0.6 is 0 Å². The van der Waals surface area contributed by atoms with Gasteiger partial charge in [0.05, 0.1) is 32.1 Å². The van der Waals surface area contributed by atoms with Crippen LogP contribution in [0.1, 0.15) is 16.8 Å². The molecule has 1 aliphatic heterocycles. The maximum Gasteiger partial charge on any atom is 0.244 e. The van der Waals surface area contributed by atoms with Gasteiger partial charge in [0.25, 0.3) is 0 Å². The average Bonchev–Trinajstić information content (AvgIpc) is 3.21. The minimum Gasteiger partial charge on any atom is -0.497 e. The number of hydrogen-bond donors (Lipinski definition) is 0. The van der Waals surface area contributed by atoms with Gasteiger partial charge in [-0.25, -0.2) is 0 Å². The van der Waals surface area contributed by atoms with E-state index >= 15 is 0 Å². The average molecular weight is 477 g/mol. The summed E-state index contributed by atoms with van der Waals surface area (Å²) in [6.07, 6.45) is 2.21. The molecule has 35 heavy (non-hydrogen) atoms. The van der Waals surface area contributed by atoms with Gasteiger partial charge in [-0.15, -0.1) is 0 Å². The van der Waals surface area contributed by atoms with Crippen LogP contribution in [0.5, 0.6) is 5.75 Å². The van der Waals surface area contributed by atoms with Crippen molar-refractivity contribution in [1.29, 1.82) is 0 Å². The Balaban J connectivity index is 1.46. The molecule has 1 aromatic heterocycles. The lowest BCUT2D eigenvalue weighted by molar-refractivity contribution is -0.139. The van der Waals surface area contributed by atoms with Gasteiger partial charge in [-0.1, -0.05) is 42.5 Å². The first-order chi connectivity index (χ1) is 17.0. The molecule has 0 bridgehead atoms. The van der Waals surface area contributed by atoms with Gasteiger partial charge in [0.2, 0.25) is 11.8 Å². The van der Waals surface area contributed by atoms with E-state index in [1.165, 1.54) is 5.56 Å². The minimum atomic E-state index is -0.313. The molecule has 4 rings (SSSR count). The molecular formula is C27H32N4O4. The number of nitrogens with zero attached hydrogens (tertiary/aromatic N) is 4. The van der Waals surface area contributed by atoms with Crippen molar-refractivity contribution in [2.45, 2.75) is 32.6 Å². The Kier molecular flexibility index (Phi) is 8.15. The molecule has 0 spiro atoms. The smallest absolute Gasteiger partial charge is 0.244 e. The van der Waals surface area contributed by atoms with Crippen LogP contribution in [0, 0.1) is 6.92 Å². The van der Waals surface area contributed by atoms with Gasteiger partial charge in [0.15, 0.2) is 0 Å². The fourth-order valence-corrected chi connectivity index (χ4v) is 4.17. The van der Waals surface area contributed by atoms with Crippen molar-refractivity contribution >= 4 is 11.8 Å². The fraction of sp³-hybridized carbons (Fsp3) is 0.370. The maximum absolute atomic E-state index is 13.1. The molecule has 1 fully saturated rings. The first-order valence-electron chi connectivity index (χ1n) is 11.8. The molecular weight excluding hydrogens is 444 g/mol. The molecule has 1 aliphatic rings. The number of hydrogen-bond acceptors (Lipinski definition) is 5. The highest BCUT2D eigenvalue weighted by Gasteiger charge is 2.31. The molecule has 8 nitrogen and oxygen atoms in total. The van der Waals surface area contributed by atoms with Crippen LogP contribution in [0.4, 0.5) is 0 Å². The van der Waals surface area contributed by atoms with Gasteiger partial charge in [-0.05, 0) is 42.7 Å². The number of benzene rings is 2. The maximum atomic E-state index is 13.1. The predicted octanol–water partition coefficient (Wildman–Crippen LogP) is 2.70. The summed E-state index contributed by atoms with van der Waals surface area (Å²) in [5.74, 6) is 0.540. The first kappa shape index (κ1) is 24.5. The summed E-state index contributed by atoms with van der Waals surface area (Å²) in [7, 11) is 1.63. The van der Waals surface area contributed by atoms with Gasteiger partial charge in [-0.2, -0.15) is 5.10 Å². The van der Waals surface area contributed by atoms with Crippen molar-refractivity contribution in [1.82, 2.24) is 19.6 Å². The lowest BCUT2D eigenvalue weighted by Gasteiger charge is -2.25. The summed E-state index contributed by atoms with van der Waals surface area (Å²) in [5, 5.41) is 4.31. The van der Waals surface area contributed by atoms with E-state index in [2.05, 4.69) is 17.2 Å². The number of ether oxygens (including phenoxy) is 2. The molecule has 1 atom stereocenters. The van der Waals surface area contributed by atoms with E-state index in [-0.39, 0.29) is 31.0 Å². The zero-order chi connectivity index (χ0) is 24.6. The predicted molar refractivity (Wildman–Crippen MR) is 132 cm³/mol. The van der Waals surface area contributed by atoms with E-state index in [0.717, 1.165) is 23.4 Å². The molecule has 0 saturated carbocycles. The van der Waals surface area contributed by atoms with E-state index in [9.17, 15) is 9.59 Å². The summed E-state index contributed by atoms with van der Waals surface area (Å²) in [5.41, 5.74) is 2.98. The van der Waals surface area contributed by atoms with Crippen molar-refractivity contribution in [2.75, 3.05) is 33.3 Å². The van der Waals surface area contributed by atoms with Crippen molar-refractivity contribution < 1.29 is 19.1 Å². The zero-order valence-corrected chi connectivity index (χ0v) is 20.3. The lowest BCUT2D eigenvalue weighted by Crippen LogP contribution is -2.41. The van der Waals surface area contributed by atoms with Gasteiger partial charge >= 0.3 is 0 Å². The zero-order valence-electron chi connectivity index (χ0n) is 20.3. The number of rotatable bonds is 9. The molecule has 0 N–H and O–H groups in total. The van der Waals surface area contributed by atoms with E-state index in [4.69, 9.17) is 9.47 Å². The van der Waals surface area contributed by atoms with Crippen LogP contribution < -0.4 is 4.74 Å². The van der Waals surface area contributed by atoms with Crippen molar-refractivity contribution in [3.05, 3.63) is 83.7 Å². The van der Waals surface area contributed by atoms with Gasteiger partial charge in [-0.3, -0.25) is 14.3 Å². The molecule has 0 unspecified atom stereocenters. The van der Waals surface area contributed by atoms with Gasteiger partial charge in [0, 0.05) is 25.8 Å². The molecule has 0 aliphatic carbocycles. The van der Waals surface area contributed by atoms with E-state index in [1.54, 1.807) is 22.9 Å². The molecule has 8 heteroatoms. The number of aryl methyl sites for hydroxylation is 1. The second-order valence-electron chi connectivity index (χ2n) is 8.79. The monoisotopic (exact) mass is 476 g/mol. The third-order valence-corrected chi connectivity index (χ3v) is 6.08. The van der Waals surface area contributed by atoms with Crippen LogP contribution in [0.2, 0.25) is 0 Å². The highest BCUT2D eigenvalue weighted by Crippen LogP contribution is 2.16. The Morgan fingerprint density at radius 3 is 2.60 bits per heavy atom. The molecule has 2 amide bonds. The Labute approximate surface area is 206 Å². The largest absolute Gasteiger partial charge is 0.497 e. The molecule has 1 saturated heterocycles. The number of carbonyl (C=O) groups is 2. The van der Waals surface area contributed by atoms with Crippen LogP contribution in [-0.2, 0) is 33.9 Å². The summed E-state index contributed by atoms with van der Waals surface area (Å²) < 4.78 is 13.2. The van der Waals surface area contributed by atoms with Crippen LogP contribution in [0.3, 0.4) is 0 Å². The van der Waals surface area contributed by atoms with Crippen molar-refractivity contribution in [3.8, 4) is 5.75 Å². The summed E-state index contributed by atoms with van der Waals surface area (Å²) >= 11 is 0. The van der Waals surface area contributed by atoms with Crippen LogP contribution in [0.25, 0.3) is 0 Å². The SMILES string of the molecule is COc1cccc(CO[C@H]2CN(CCc3ccccc3)C(=O)CN(C(=O)Cn3ccc(C)n3)C2)c1. The van der Waals surface area contributed by atoms with Gasteiger partial charge in [0.1, 0.15) is 12.3 Å². The Morgan fingerprint density at radius 2 is 1.86 bits per heavy atom. The summed E-state index contributed by atoms with van der Waals surface area (Å²) in [4.78, 5) is 29.6. The Morgan fingerprint density at radius 1 is 1.06 bits per heavy atom. The number of carbonyl (C=O) groups excluding carboxylic acids is 2. The van der Waals surface area contributed by atoms with Crippen LogP contribution in [0.15, 0.2) is 66.9 Å². The molecule has 2 aromatic carbocycles. The third kappa shape index (κ3) is 6.93. The lowest BCUT2D eigenvalue weighted by atomic mass is 10.1. The minimum absolute atomic E-state index is 0.0346. The molecule has 3 aromatic rings. The quantitative estimate of drug-likeness (QED) is 0.475. The first-order valence-corrected chi connectivity index (χ1v) is 11.8. The van der Waals surface area contributed by atoms with Crippen molar-refractivity contribution in [3.63, 3.8) is 0 Å². The topological polar surface area (TPSA) is 76.9 Å². The Hall–Kier alpha value is -3.65. The number of aromatic nitrogens is 2. The van der Waals surface area contributed by atoms with E-state index < -0.39 is 0 Å². The second-order valence-corrected chi connectivity index (χ2v) is 8.79. The molecule has 184 valence electrons. The number of methoxy groups -OCH3 is 1. The summed E-state index contributed by atoms with van der Waals surface area (Å²) in [6, 6.07) is 19.6. The summed E-state index contributed by atoms with van der Waals surface area (Å²) in [6.45, 7) is 3.71. The highest BCUT2D eigenvalue weighted by atomic mass is 16.5. The van der Waals surface area contributed by atoms with Crippen LogP contribution in [-0.4, -0.2) is 70.8 Å². The number of amides is 2.